The van der Waals surface area contributed by atoms with E-state index in [0.29, 0.717) is 70.7 Å². The quantitative estimate of drug-likeness (QED) is 0.311. The molecule has 2 aliphatic heterocycles. The number of nitrogens with zero attached hydrogens (tertiary/aromatic N) is 4. The lowest BCUT2D eigenvalue weighted by molar-refractivity contribution is -0.0195. The highest BCUT2D eigenvalue weighted by Crippen LogP contribution is 2.30. The summed E-state index contributed by atoms with van der Waals surface area (Å²) in [4.78, 5) is 23.3. The van der Waals surface area contributed by atoms with Gasteiger partial charge in [-0.2, -0.15) is 4.39 Å². The highest BCUT2D eigenvalue weighted by atomic mass is 19.1. The van der Waals surface area contributed by atoms with Gasteiger partial charge >= 0.3 is 0 Å². The first-order valence-corrected chi connectivity index (χ1v) is 15.4. The molecule has 234 valence electrons. The van der Waals surface area contributed by atoms with E-state index in [2.05, 4.69) is 14.8 Å². The molecule has 1 N–H and O–H groups in total. The average Bonchev–Trinajstić information content (AvgIpc) is 3.04. The van der Waals surface area contributed by atoms with E-state index in [0.717, 1.165) is 33.7 Å². The first-order valence-electron chi connectivity index (χ1n) is 15.4. The molecule has 0 saturated carbocycles. The van der Waals surface area contributed by atoms with Crippen LogP contribution in [0.5, 0.6) is 5.75 Å². The number of ether oxygens (including phenoxy) is 1. The second-order valence-corrected chi connectivity index (χ2v) is 12.1. The maximum absolute atomic E-state index is 13.5. The second-order valence-electron chi connectivity index (χ2n) is 12.1. The summed E-state index contributed by atoms with van der Waals surface area (Å²) in [6, 6.07) is 23.1. The predicted molar refractivity (Wildman–Crippen MR) is 171 cm³/mol. The number of anilines is 1. The molecule has 9 heteroatoms. The third-order valence-corrected chi connectivity index (χ3v) is 8.86. The lowest BCUT2D eigenvalue weighted by Gasteiger charge is -2.42. The maximum atomic E-state index is 13.5. The molecule has 6 rings (SSSR count). The van der Waals surface area contributed by atoms with Gasteiger partial charge in [0.1, 0.15) is 18.2 Å². The molecular weight excluding hydrogens is 574 g/mol. The molecule has 45 heavy (non-hydrogen) atoms. The zero-order chi connectivity index (χ0) is 31.4. The van der Waals surface area contributed by atoms with Crippen LogP contribution < -0.4 is 9.64 Å². The molecule has 4 aromatic rings. The van der Waals surface area contributed by atoms with E-state index in [-0.39, 0.29) is 11.7 Å². The number of hydrogen-bond acceptors (Lipinski definition) is 6. The van der Waals surface area contributed by atoms with Gasteiger partial charge in [0.15, 0.2) is 0 Å². The fourth-order valence-corrected chi connectivity index (χ4v) is 6.19. The van der Waals surface area contributed by atoms with Crippen LogP contribution >= 0.6 is 0 Å². The Kier molecular flexibility index (Phi) is 9.09. The number of benzene rings is 3. The zero-order valence-electron chi connectivity index (χ0n) is 25.5. The SMILES string of the molecule is CN1CCN(CC2(O)CCN(c3ccc(F)cc3)CC2)CCOc2ccc(-c3ccc(F)nc3)cc2Cc2cccc(c2)C1=O. The summed E-state index contributed by atoms with van der Waals surface area (Å²) < 4.78 is 33.3. The summed E-state index contributed by atoms with van der Waals surface area (Å²) in [5.41, 5.74) is 4.31. The smallest absolute Gasteiger partial charge is 0.253 e. The van der Waals surface area contributed by atoms with Crippen LogP contribution in [0.15, 0.2) is 85.1 Å². The molecule has 2 aliphatic rings. The number of rotatable bonds is 4. The van der Waals surface area contributed by atoms with Crippen molar-refractivity contribution in [1.29, 1.82) is 0 Å². The molecular formula is C36H38F2N4O3. The van der Waals surface area contributed by atoms with E-state index in [9.17, 15) is 18.7 Å². The number of aromatic nitrogens is 1. The van der Waals surface area contributed by atoms with Gasteiger partial charge in [0.2, 0.25) is 5.95 Å². The van der Waals surface area contributed by atoms with Gasteiger partial charge in [-0.15, -0.1) is 0 Å². The number of carbonyl (C=O) groups is 1. The number of β-amino-alcohol motifs (C(OH)–C–C–N with tert-alkyl or cyclic N) is 1. The molecule has 0 atom stereocenters. The topological polar surface area (TPSA) is 69.1 Å². The summed E-state index contributed by atoms with van der Waals surface area (Å²) in [5.74, 6) is -0.103. The van der Waals surface area contributed by atoms with Crippen molar-refractivity contribution in [2.24, 2.45) is 0 Å². The van der Waals surface area contributed by atoms with Crippen molar-refractivity contribution in [2.45, 2.75) is 24.9 Å². The summed E-state index contributed by atoms with van der Waals surface area (Å²) in [5, 5.41) is 11.6. The molecule has 1 amide bonds. The lowest BCUT2D eigenvalue weighted by Crippen LogP contribution is -2.52. The monoisotopic (exact) mass is 612 g/mol. The minimum Gasteiger partial charge on any atom is -0.492 e. The molecule has 1 fully saturated rings. The minimum absolute atomic E-state index is 0.0530. The first kappa shape index (κ1) is 30.7. The number of carbonyl (C=O) groups excluding carboxylic acids is 1. The summed E-state index contributed by atoms with van der Waals surface area (Å²) in [7, 11) is 1.81. The van der Waals surface area contributed by atoms with Gasteiger partial charge in [0.05, 0.1) is 5.60 Å². The van der Waals surface area contributed by atoms with E-state index in [4.69, 9.17) is 4.74 Å². The molecule has 2 bridgehead atoms. The van der Waals surface area contributed by atoms with Crippen molar-refractivity contribution >= 4 is 11.6 Å². The van der Waals surface area contributed by atoms with Gasteiger partial charge in [0, 0.05) is 75.7 Å². The summed E-state index contributed by atoms with van der Waals surface area (Å²) in [6.45, 7) is 3.85. The van der Waals surface area contributed by atoms with Crippen molar-refractivity contribution in [1.82, 2.24) is 14.8 Å². The van der Waals surface area contributed by atoms with E-state index in [1.54, 1.807) is 23.1 Å². The Morgan fingerprint density at radius 2 is 1.64 bits per heavy atom. The Morgan fingerprint density at radius 3 is 2.40 bits per heavy atom. The van der Waals surface area contributed by atoms with Gasteiger partial charge in [-0.3, -0.25) is 9.69 Å². The van der Waals surface area contributed by atoms with Crippen molar-refractivity contribution in [3.8, 4) is 16.9 Å². The van der Waals surface area contributed by atoms with Gasteiger partial charge < -0.3 is 19.6 Å². The normalized spacial score (nSPS) is 17.7. The number of pyridine rings is 1. The highest BCUT2D eigenvalue weighted by Gasteiger charge is 2.34. The zero-order valence-corrected chi connectivity index (χ0v) is 25.5. The number of amides is 1. The van der Waals surface area contributed by atoms with Crippen LogP contribution in [-0.2, 0) is 6.42 Å². The second kappa shape index (κ2) is 13.3. The van der Waals surface area contributed by atoms with Crippen molar-refractivity contribution in [3.05, 3.63) is 114 Å². The van der Waals surface area contributed by atoms with Crippen molar-refractivity contribution < 1.29 is 23.4 Å². The van der Waals surface area contributed by atoms with Gasteiger partial charge in [-0.05, 0) is 90.2 Å². The van der Waals surface area contributed by atoms with Gasteiger partial charge in [-0.1, -0.05) is 18.2 Å². The van der Waals surface area contributed by atoms with E-state index < -0.39 is 11.5 Å². The van der Waals surface area contributed by atoms with E-state index in [1.165, 1.54) is 24.4 Å². The fourth-order valence-electron chi connectivity index (χ4n) is 6.19. The molecule has 7 nitrogen and oxygen atoms in total. The largest absolute Gasteiger partial charge is 0.492 e. The molecule has 0 radical (unpaired) electrons. The maximum Gasteiger partial charge on any atom is 0.253 e. The molecule has 1 aromatic heterocycles. The Morgan fingerprint density at radius 1 is 0.867 bits per heavy atom. The van der Waals surface area contributed by atoms with E-state index >= 15 is 0 Å². The van der Waals surface area contributed by atoms with Crippen LogP contribution in [-0.4, -0.2) is 84.3 Å². The van der Waals surface area contributed by atoms with Gasteiger partial charge in [0.25, 0.3) is 5.91 Å². The Hall–Kier alpha value is -4.34. The van der Waals surface area contributed by atoms with Crippen LogP contribution in [0.3, 0.4) is 0 Å². The third kappa shape index (κ3) is 7.49. The van der Waals surface area contributed by atoms with Crippen LogP contribution in [0.4, 0.5) is 14.5 Å². The van der Waals surface area contributed by atoms with Gasteiger partial charge in [-0.25, -0.2) is 9.37 Å². The Labute approximate surface area is 262 Å². The Bertz CT molecular complexity index is 1620. The third-order valence-electron chi connectivity index (χ3n) is 8.86. The first-order chi connectivity index (χ1) is 21.7. The lowest BCUT2D eigenvalue weighted by atomic mass is 9.90. The van der Waals surface area contributed by atoms with Crippen LogP contribution in [0.2, 0.25) is 0 Å². The fraction of sp³-hybridized carbons (Fsp3) is 0.333. The molecule has 0 spiro atoms. The van der Waals surface area contributed by atoms with Crippen LogP contribution in [0.25, 0.3) is 11.1 Å². The van der Waals surface area contributed by atoms with Crippen molar-refractivity contribution in [2.75, 3.05) is 57.8 Å². The van der Waals surface area contributed by atoms with Crippen LogP contribution in [0, 0.1) is 11.8 Å². The number of fused-ring (bicyclic) bond motifs is 3. The van der Waals surface area contributed by atoms with Crippen molar-refractivity contribution in [3.63, 3.8) is 0 Å². The molecule has 3 aromatic carbocycles. The molecule has 1 saturated heterocycles. The molecule has 0 unspecified atom stereocenters. The highest BCUT2D eigenvalue weighted by molar-refractivity contribution is 5.94. The number of hydrogen-bond donors (Lipinski definition) is 1. The number of likely N-dealkylation sites (N-methyl/N-ethyl adjacent to an activating group) is 1. The average molecular weight is 613 g/mol. The number of piperidine rings is 1. The summed E-state index contributed by atoms with van der Waals surface area (Å²) >= 11 is 0. The van der Waals surface area contributed by atoms with E-state index in [1.807, 2.05) is 49.5 Å². The van der Waals surface area contributed by atoms with Crippen LogP contribution in [0.1, 0.15) is 34.3 Å². The predicted octanol–water partition coefficient (Wildman–Crippen LogP) is 5.42. The molecule has 3 heterocycles. The standard InChI is InChI=1S/C36H38F2N4O3/c1-40-17-18-41(25-36(44)13-15-42(16-14-36)32-9-7-31(37)8-10-32)19-20-45-33-11-5-27(29-6-12-34(38)39-24-29)23-30(33)22-26-3-2-4-28(21-26)35(40)43/h2-12,21,23-24,44H,13-20,22,25H2,1H3. The summed E-state index contributed by atoms with van der Waals surface area (Å²) in [6.07, 6.45) is 3.22. The number of aliphatic hydroxyl groups is 1. The minimum atomic E-state index is -0.894. The molecule has 0 aliphatic carbocycles. The Balaban J connectivity index is 1.21. The number of halogens is 2.